The predicted octanol–water partition coefficient (Wildman–Crippen LogP) is 1.39. The van der Waals surface area contributed by atoms with Gasteiger partial charge in [0.2, 0.25) is 0 Å². The summed E-state index contributed by atoms with van der Waals surface area (Å²) >= 11 is 0. The summed E-state index contributed by atoms with van der Waals surface area (Å²) in [5.41, 5.74) is 1.48. The highest BCUT2D eigenvalue weighted by Gasteiger charge is 2.37. The summed E-state index contributed by atoms with van der Waals surface area (Å²) in [6.07, 6.45) is 1.94. The normalized spacial score (nSPS) is 22.1. The van der Waals surface area contributed by atoms with Gasteiger partial charge in [-0.25, -0.2) is 4.79 Å². The minimum atomic E-state index is -0.655. The molecule has 94 valence electrons. The van der Waals surface area contributed by atoms with Crippen LogP contribution < -0.4 is 0 Å². The standard InChI is InChI=1S/C14H15NO3/c1-15(10-6-7-10)13(16)12-8-9-4-2-3-5-11(9)14(17)18-12/h2-5,10,12H,6-8H2,1H3. The molecule has 1 heterocycles. The van der Waals surface area contributed by atoms with E-state index in [0.29, 0.717) is 18.0 Å². The molecule has 4 heteroatoms. The summed E-state index contributed by atoms with van der Waals surface area (Å²) in [7, 11) is 1.79. The van der Waals surface area contributed by atoms with Gasteiger partial charge in [-0.2, -0.15) is 0 Å². The van der Waals surface area contributed by atoms with Crippen molar-refractivity contribution in [3.8, 4) is 0 Å². The van der Waals surface area contributed by atoms with Crippen LogP contribution in [0.15, 0.2) is 24.3 Å². The van der Waals surface area contributed by atoms with Crippen LogP contribution in [-0.4, -0.2) is 36.0 Å². The van der Waals surface area contributed by atoms with Crippen LogP contribution in [0.1, 0.15) is 28.8 Å². The highest BCUT2D eigenvalue weighted by molar-refractivity contribution is 5.95. The Bertz CT molecular complexity index is 508. The van der Waals surface area contributed by atoms with Crippen molar-refractivity contribution < 1.29 is 14.3 Å². The maximum atomic E-state index is 12.2. The Morgan fingerprint density at radius 3 is 2.78 bits per heavy atom. The second-order valence-electron chi connectivity index (χ2n) is 4.94. The molecule has 2 aliphatic rings. The molecule has 1 aromatic carbocycles. The minimum Gasteiger partial charge on any atom is -0.448 e. The molecular formula is C14H15NO3. The number of likely N-dealkylation sites (N-methyl/N-ethyl adjacent to an activating group) is 1. The van der Waals surface area contributed by atoms with Gasteiger partial charge in [0.25, 0.3) is 5.91 Å². The first-order chi connectivity index (χ1) is 8.66. The Hall–Kier alpha value is -1.84. The van der Waals surface area contributed by atoms with Crippen LogP contribution in [0.3, 0.4) is 0 Å². The van der Waals surface area contributed by atoms with Crippen molar-refractivity contribution in [2.24, 2.45) is 0 Å². The second-order valence-corrected chi connectivity index (χ2v) is 4.94. The van der Waals surface area contributed by atoms with Crippen molar-refractivity contribution in [1.29, 1.82) is 0 Å². The topological polar surface area (TPSA) is 46.6 Å². The van der Waals surface area contributed by atoms with E-state index in [-0.39, 0.29) is 11.9 Å². The molecule has 0 N–H and O–H groups in total. The van der Waals surface area contributed by atoms with Crippen LogP contribution >= 0.6 is 0 Å². The van der Waals surface area contributed by atoms with Gasteiger partial charge in [0.05, 0.1) is 5.56 Å². The molecule has 1 fully saturated rings. The fourth-order valence-electron chi connectivity index (χ4n) is 2.34. The molecule has 0 radical (unpaired) electrons. The van der Waals surface area contributed by atoms with Crippen molar-refractivity contribution in [3.05, 3.63) is 35.4 Å². The van der Waals surface area contributed by atoms with Gasteiger partial charge in [0.1, 0.15) is 0 Å². The second kappa shape index (κ2) is 4.12. The number of nitrogens with zero attached hydrogens (tertiary/aromatic N) is 1. The van der Waals surface area contributed by atoms with E-state index in [1.54, 1.807) is 24.1 Å². The number of carbonyl (C=O) groups excluding carboxylic acids is 2. The first kappa shape index (κ1) is 11.3. The van der Waals surface area contributed by atoms with E-state index < -0.39 is 6.10 Å². The zero-order chi connectivity index (χ0) is 12.7. The van der Waals surface area contributed by atoms with Gasteiger partial charge >= 0.3 is 5.97 Å². The minimum absolute atomic E-state index is 0.0830. The van der Waals surface area contributed by atoms with Crippen molar-refractivity contribution in [3.63, 3.8) is 0 Å². The zero-order valence-electron chi connectivity index (χ0n) is 10.3. The van der Waals surface area contributed by atoms with Crippen LogP contribution in [0.25, 0.3) is 0 Å². The Labute approximate surface area is 106 Å². The summed E-state index contributed by atoms with van der Waals surface area (Å²) in [6.45, 7) is 0. The number of benzene rings is 1. The van der Waals surface area contributed by atoms with Crippen LogP contribution in [0, 0.1) is 0 Å². The van der Waals surface area contributed by atoms with Crippen LogP contribution in [0.4, 0.5) is 0 Å². The number of cyclic esters (lactones) is 1. The third kappa shape index (κ3) is 1.88. The average molecular weight is 245 g/mol. The molecule has 0 spiro atoms. The Morgan fingerprint density at radius 2 is 2.06 bits per heavy atom. The number of fused-ring (bicyclic) bond motifs is 1. The number of rotatable bonds is 2. The van der Waals surface area contributed by atoms with E-state index in [0.717, 1.165) is 18.4 Å². The largest absolute Gasteiger partial charge is 0.448 e. The lowest BCUT2D eigenvalue weighted by molar-refractivity contribution is -0.140. The lowest BCUT2D eigenvalue weighted by Gasteiger charge is -2.27. The molecule has 0 saturated heterocycles. The number of amides is 1. The molecule has 3 rings (SSSR count). The van der Waals surface area contributed by atoms with Gasteiger partial charge in [-0.1, -0.05) is 18.2 Å². The first-order valence-electron chi connectivity index (χ1n) is 6.22. The fraction of sp³-hybridized carbons (Fsp3) is 0.429. The van der Waals surface area contributed by atoms with E-state index in [4.69, 9.17) is 4.74 Å². The van der Waals surface area contributed by atoms with Crippen molar-refractivity contribution in [2.45, 2.75) is 31.4 Å². The summed E-state index contributed by atoms with van der Waals surface area (Å²) in [5.74, 6) is -0.472. The van der Waals surface area contributed by atoms with Gasteiger partial charge < -0.3 is 9.64 Å². The summed E-state index contributed by atoms with van der Waals surface area (Å²) in [6, 6.07) is 7.64. The zero-order valence-corrected chi connectivity index (χ0v) is 10.3. The molecule has 1 atom stereocenters. The van der Waals surface area contributed by atoms with Crippen LogP contribution in [0.2, 0.25) is 0 Å². The third-order valence-electron chi connectivity index (χ3n) is 3.61. The number of hydrogen-bond donors (Lipinski definition) is 0. The van der Waals surface area contributed by atoms with Gasteiger partial charge in [-0.05, 0) is 24.5 Å². The summed E-state index contributed by atoms with van der Waals surface area (Å²) in [4.78, 5) is 25.7. The van der Waals surface area contributed by atoms with Gasteiger partial charge in [0, 0.05) is 19.5 Å². The molecule has 1 unspecified atom stereocenters. The molecule has 1 saturated carbocycles. The average Bonchev–Trinajstić information content (AvgIpc) is 3.21. The molecule has 4 nitrogen and oxygen atoms in total. The van der Waals surface area contributed by atoms with Crippen molar-refractivity contribution >= 4 is 11.9 Å². The molecule has 18 heavy (non-hydrogen) atoms. The molecule has 0 aromatic heterocycles. The molecule has 1 aliphatic carbocycles. The number of carbonyl (C=O) groups is 2. The van der Waals surface area contributed by atoms with Crippen molar-refractivity contribution in [1.82, 2.24) is 4.90 Å². The maximum absolute atomic E-state index is 12.2. The van der Waals surface area contributed by atoms with E-state index in [1.807, 2.05) is 12.1 Å². The smallest absolute Gasteiger partial charge is 0.339 e. The van der Waals surface area contributed by atoms with E-state index >= 15 is 0 Å². The predicted molar refractivity (Wildman–Crippen MR) is 65.1 cm³/mol. The highest BCUT2D eigenvalue weighted by atomic mass is 16.5. The Kier molecular flexibility index (Phi) is 2.58. The number of hydrogen-bond acceptors (Lipinski definition) is 3. The van der Waals surface area contributed by atoms with Crippen LogP contribution in [0.5, 0.6) is 0 Å². The maximum Gasteiger partial charge on any atom is 0.339 e. The molecule has 1 aromatic rings. The lowest BCUT2D eigenvalue weighted by Crippen LogP contribution is -2.43. The fourth-order valence-corrected chi connectivity index (χ4v) is 2.34. The van der Waals surface area contributed by atoms with Gasteiger partial charge in [0.15, 0.2) is 6.10 Å². The lowest BCUT2D eigenvalue weighted by atomic mass is 9.98. The first-order valence-corrected chi connectivity index (χ1v) is 6.22. The van der Waals surface area contributed by atoms with Crippen LogP contribution in [-0.2, 0) is 16.0 Å². The molecular weight excluding hydrogens is 230 g/mol. The molecule has 0 bridgehead atoms. The van der Waals surface area contributed by atoms with Crippen molar-refractivity contribution in [2.75, 3.05) is 7.05 Å². The number of ether oxygens (including phenoxy) is 1. The van der Waals surface area contributed by atoms with Gasteiger partial charge in [-0.15, -0.1) is 0 Å². The number of esters is 1. The summed E-state index contributed by atoms with van der Waals surface area (Å²) in [5, 5.41) is 0. The highest BCUT2D eigenvalue weighted by Crippen LogP contribution is 2.28. The SMILES string of the molecule is CN(C(=O)C1Cc2ccccc2C(=O)O1)C1CC1. The molecule has 1 aliphatic heterocycles. The quantitative estimate of drug-likeness (QED) is 0.740. The monoisotopic (exact) mass is 245 g/mol. The van der Waals surface area contributed by atoms with Gasteiger partial charge in [-0.3, -0.25) is 4.79 Å². The molecule has 1 amide bonds. The van der Waals surface area contributed by atoms with E-state index in [1.165, 1.54) is 0 Å². The third-order valence-corrected chi connectivity index (χ3v) is 3.61. The Morgan fingerprint density at radius 1 is 1.33 bits per heavy atom. The summed E-state index contributed by atoms with van der Waals surface area (Å²) < 4.78 is 5.24. The van der Waals surface area contributed by atoms with E-state index in [2.05, 4.69) is 0 Å². The Balaban J connectivity index is 1.81. The van der Waals surface area contributed by atoms with E-state index in [9.17, 15) is 9.59 Å².